The quantitative estimate of drug-likeness (QED) is 0.801. The maximum atomic E-state index is 13.7. The molecule has 2 aromatic rings. The van der Waals surface area contributed by atoms with Crippen molar-refractivity contribution >= 4 is 15.9 Å². The van der Waals surface area contributed by atoms with Crippen LogP contribution in [0, 0.1) is 12.7 Å². The zero-order valence-electron chi connectivity index (χ0n) is 15.9. The Morgan fingerprint density at radius 3 is 2.57 bits per heavy atom. The molecule has 1 amide bonds. The van der Waals surface area contributed by atoms with Crippen molar-refractivity contribution in [1.29, 1.82) is 0 Å². The molecule has 1 aliphatic heterocycles. The summed E-state index contributed by atoms with van der Waals surface area (Å²) in [5, 5.41) is 2.71. The van der Waals surface area contributed by atoms with E-state index in [9.17, 15) is 17.6 Å². The van der Waals surface area contributed by atoms with E-state index in [1.54, 1.807) is 34.6 Å². The Morgan fingerprint density at radius 1 is 1.14 bits per heavy atom. The van der Waals surface area contributed by atoms with E-state index in [0.717, 1.165) is 24.8 Å². The minimum absolute atomic E-state index is 0.00437. The largest absolute Gasteiger partial charge is 0.352 e. The normalized spacial score (nSPS) is 18.0. The molecule has 0 saturated carbocycles. The van der Waals surface area contributed by atoms with Gasteiger partial charge in [0, 0.05) is 19.1 Å². The predicted octanol–water partition coefficient (Wildman–Crippen LogP) is 3.50. The van der Waals surface area contributed by atoms with Gasteiger partial charge in [0.25, 0.3) is 5.91 Å². The Hall–Kier alpha value is -2.25. The molecule has 1 aliphatic rings. The average molecular weight is 405 g/mol. The maximum absolute atomic E-state index is 13.7. The SMILES string of the molecule is Cc1ccc(S(=O)(=O)N2CCCCC2CCNC(=O)c2ccccc2F)cc1. The van der Waals surface area contributed by atoms with E-state index in [-0.39, 0.29) is 18.2 Å². The van der Waals surface area contributed by atoms with E-state index in [1.165, 1.54) is 18.2 Å². The number of carbonyl (C=O) groups is 1. The highest BCUT2D eigenvalue weighted by molar-refractivity contribution is 7.89. The maximum Gasteiger partial charge on any atom is 0.254 e. The number of nitrogens with one attached hydrogen (secondary N) is 1. The van der Waals surface area contributed by atoms with Crippen LogP contribution in [0.2, 0.25) is 0 Å². The summed E-state index contributed by atoms with van der Waals surface area (Å²) in [5.41, 5.74) is 1.00. The standard InChI is InChI=1S/C21H25FN2O3S/c1-16-9-11-18(12-10-16)28(26,27)24-15-5-4-6-17(24)13-14-23-21(25)19-7-2-3-8-20(19)22/h2-3,7-12,17H,4-6,13-15H2,1H3,(H,23,25). The summed E-state index contributed by atoms with van der Waals surface area (Å²) in [7, 11) is -3.58. The molecule has 1 saturated heterocycles. The highest BCUT2D eigenvalue weighted by atomic mass is 32.2. The van der Waals surface area contributed by atoms with Crippen LogP contribution in [0.3, 0.4) is 0 Å². The van der Waals surface area contributed by atoms with E-state index >= 15 is 0 Å². The molecule has 150 valence electrons. The molecule has 1 heterocycles. The summed E-state index contributed by atoms with van der Waals surface area (Å²) in [6.45, 7) is 2.68. The summed E-state index contributed by atoms with van der Waals surface area (Å²) in [4.78, 5) is 12.4. The minimum atomic E-state index is -3.58. The molecule has 1 N–H and O–H groups in total. The summed E-state index contributed by atoms with van der Waals surface area (Å²) in [6.07, 6.45) is 3.01. The second kappa shape index (κ2) is 8.84. The number of carbonyl (C=O) groups excluding carboxylic acids is 1. The molecule has 0 bridgehead atoms. The van der Waals surface area contributed by atoms with Gasteiger partial charge in [0.15, 0.2) is 0 Å². The summed E-state index contributed by atoms with van der Waals surface area (Å²) >= 11 is 0. The van der Waals surface area contributed by atoms with Crippen molar-refractivity contribution in [2.24, 2.45) is 0 Å². The third-order valence-corrected chi connectivity index (χ3v) is 7.05. The van der Waals surface area contributed by atoms with Crippen LogP contribution in [0.15, 0.2) is 53.4 Å². The van der Waals surface area contributed by atoms with Gasteiger partial charge in [0.05, 0.1) is 10.5 Å². The number of nitrogens with zero attached hydrogens (tertiary/aromatic N) is 1. The number of piperidine rings is 1. The molecule has 0 aliphatic carbocycles. The van der Waals surface area contributed by atoms with Gasteiger partial charge in [-0.15, -0.1) is 0 Å². The predicted molar refractivity (Wildman–Crippen MR) is 106 cm³/mol. The Labute approximate surface area is 165 Å². The first-order valence-corrected chi connectivity index (χ1v) is 10.9. The molecule has 5 nitrogen and oxygen atoms in total. The zero-order valence-corrected chi connectivity index (χ0v) is 16.7. The van der Waals surface area contributed by atoms with Crippen LogP contribution in [-0.4, -0.2) is 37.8 Å². The number of rotatable bonds is 6. The van der Waals surface area contributed by atoms with Gasteiger partial charge < -0.3 is 5.32 Å². The molecule has 1 unspecified atom stereocenters. The number of hydrogen-bond donors (Lipinski definition) is 1. The highest BCUT2D eigenvalue weighted by Gasteiger charge is 2.33. The van der Waals surface area contributed by atoms with Crippen LogP contribution >= 0.6 is 0 Å². The van der Waals surface area contributed by atoms with E-state index in [0.29, 0.717) is 17.9 Å². The molecule has 28 heavy (non-hydrogen) atoms. The van der Waals surface area contributed by atoms with Crippen molar-refractivity contribution in [3.05, 3.63) is 65.5 Å². The fourth-order valence-corrected chi connectivity index (χ4v) is 5.24. The average Bonchev–Trinajstić information content (AvgIpc) is 2.69. The van der Waals surface area contributed by atoms with Gasteiger partial charge in [0.2, 0.25) is 10.0 Å². The van der Waals surface area contributed by atoms with Crippen molar-refractivity contribution in [3.8, 4) is 0 Å². The van der Waals surface area contributed by atoms with Crippen molar-refractivity contribution in [1.82, 2.24) is 9.62 Å². The van der Waals surface area contributed by atoms with Gasteiger partial charge in [-0.05, 0) is 50.5 Å². The van der Waals surface area contributed by atoms with E-state index < -0.39 is 21.7 Å². The monoisotopic (exact) mass is 404 g/mol. The van der Waals surface area contributed by atoms with Gasteiger partial charge in [-0.3, -0.25) is 4.79 Å². The molecular weight excluding hydrogens is 379 g/mol. The molecule has 0 radical (unpaired) electrons. The fraction of sp³-hybridized carbons (Fsp3) is 0.381. The smallest absolute Gasteiger partial charge is 0.254 e. The second-order valence-electron chi connectivity index (χ2n) is 7.10. The number of halogens is 1. The number of aryl methyl sites for hydroxylation is 1. The number of hydrogen-bond acceptors (Lipinski definition) is 3. The summed E-state index contributed by atoms with van der Waals surface area (Å²) < 4.78 is 41.4. The number of amides is 1. The van der Waals surface area contributed by atoms with Crippen molar-refractivity contribution in [2.75, 3.05) is 13.1 Å². The molecule has 2 aromatic carbocycles. The molecular formula is C21H25FN2O3S. The Morgan fingerprint density at radius 2 is 1.86 bits per heavy atom. The van der Waals surface area contributed by atoms with E-state index in [4.69, 9.17) is 0 Å². The van der Waals surface area contributed by atoms with Gasteiger partial charge in [-0.1, -0.05) is 36.2 Å². The summed E-state index contributed by atoms with van der Waals surface area (Å²) in [6, 6.07) is 12.5. The number of benzene rings is 2. The van der Waals surface area contributed by atoms with Crippen molar-refractivity contribution in [2.45, 2.75) is 43.5 Å². The Balaban J connectivity index is 1.66. The van der Waals surface area contributed by atoms with E-state index in [1.807, 2.05) is 6.92 Å². The first-order valence-electron chi connectivity index (χ1n) is 9.51. The Kier molecular flexibility index (Phi) is 6.46. The lowest BCUT2D eigenvalue weighted by Crippen LogP contribution is -2.45. The van der Waals surface area contributed by atoms with Crippen LogP contribution < -0.4 is 5.32 Å². The van der Waals surface area contributed by atoms with Crippen LogP contribution in [-0.2, 0) is 10.0 Å². The van der Waals surface area contributed by atoms with E-state index in [2.05, 4.69) is 5.32 Å². The molecule has 0 aromatic heterocycles. The van der Waals surface area contributed by atoms with Crippen molar-refractivity contribution in [3.63, 3.8) is 0 Å². The van der Waals surface area contributed by atoms with Crippen LogP contribution in [0.25, 0.3) is 0 Å². The van der Waals surface area contributed by atoms with Gasteiger partial charge in [-0.2, -0.15) is 4.31 Å². The van der Waals surface area contributed by atoms with Crippen LogP contribution in [0.5, 0.6) is 0 Å². The minimum Gasteiger partial charge on any atom is -0.352 e. The summed E-state index contributed by atoms with van der Waals surface area (Å²) in [5.74, 6) is -1.05. The second-order valence-corrected chi connectivity index (χ2v) is 8.99. The lowest BCUT2D eigenvalue weighted by atomic mass is 10.0. The lowest BCUT2D eigenvalue weighted by molar-refractivity contribution is 0.0945. The van der Waals surface area contributed by atoms with Crippen LogP contribution in [0.1, 0.15) is 41.6 Å². The van der Waals surface area contributed by atoms with Crippen molar-refractivity contribution < 1.29 is 17.6 Å². The molecule has 1 fully saturated rings. The molecule has 1 atom stereocenters. The Bertz CT molecular complexity index is 929. The number of sulfonamides is 1. The third kappa shape index (κ3) is 4.59. The lowest BCUT2D eigenvalue weighted by Gasteiger charge is -2.34. The molecule has 7 heteroatoms. The van der Waals surface area contributed by atoms with Gasteiger partial charge in [0.1, 0.15) is 5.82 Å². The topological polar surface area (TPSA) is 66.5 Å². The molecule has 3 rings (SSSR count). The first-order chi connectivity index (χ1) is 13.4. The fourth-order valence-electron chi connectivity index (χ4n) is 3.52. The first kappa shape index (κ1) is 20.5. The van der Waals surface area contributed by atoms with Gasteiger partial charge in [-0.25, -0.2) is 12.8 Å². The molecule has 0 spiro atoms. The highest BCUT2D eigenvalue weighted by Crippen LogP contribution is 2.27. The van der Waals surface area contributed by atoms with Crippen LogP contribution in [0.4, 0.5) is 4.39 Å². The van der Waals surface area contributed by atoms with Gasteiger partial charge >= 0.3 is 0 Å². The zero-order chi connectivity index (χ0) is 20.1. The third-order valence-electron chi connectivity index (χ3n) is 5.08.